The normalized spacial score (nSPS) is 9.35. The number of hydrogen-bond acceptors (Lipinski definition) is 6. The van der Waals surface area contributed by atoms with Gasteiger partial charge in [-0.1, -0.05) is 0 Å². The lowest BCUT2D eigenvalue weighted by Crippen LogP contribution is -2.16. The van der Waals surface area contributed by atoms with Crippen molar-refractivity contribution >= 4 is 11.8 Å². The maximum Gasteiger partial charge on any atom is 0.327 e. The number of nitriles is 2. The van der Waals surface area contributed by atoms with Gasteiger partial charge in [-0.3, -0.25) is 9.48 Å². The molecule has 0 radical (unpaired) electrons. The first-order valence-electron chi connectivity index (χ1n) is 4.91. The molecule has 7 heteroatoms. The zero-order valence-electron chi connectivity index (χ0n) is 9.30. The van der Waals surface area contributed by atoms with Crippen LogP contribution in [0.4, 0.5) is 5.82 Å². The number of hydrogen-bond donors (Lipinski definition) is 1. The molecule has 1 heterocycles. The van der Waals surface area contributed by atoms with Crippen LogP contribution in [0.3, 0.4) is 0 Å². The summed E-state index contributed by atoms with van der Waals surface area (Å²) in [6, 6.07) is 3.76. The van der Waals surface area contributed by atoms with Crippen LogP contribution in [-0.2, 0) is 22.5 Å². The second-order valence-corrected chi connectivity index (χ2v) is 3.12. The van der Waals surface area contributed by atoms with Gasteiger partial charge in [0.15, 0.2) is 5.82 Å². The summed E-state index contributed by atoms with van der Waals surface area (Å²) in [6.07, 6.45) is -0.0352. The number of rotatable bonds is 4. The summed E-state index contributed by atoms with van der Waals surface area (Å²) >= 11 is 0. The van der Waals surface area contributed by atoms with Crippen LogP contribution < -0.4 is 5.73 Å². The van der Waals surface area contributed by atoms with Crippen molar-refractivity contribution in [3.05, 3.63) is 11.3 Å². The number of anilines is 1. The number of nitrogen functional groups attached to an aromatic ring is 1. The largest absolute Gasteiger partial charge is 0.465 e. The zero-order chi connectivity index (χ0) is 12.8. The highest BCUT2D eigenvalue weighted by atomic mass is 16.5. The predicted octanol–water partition coefficient (Wildman–Crippen LogP) is -0.0338. The Hall–Kier alpha value is -2.54. The molecule has 0 amide bonds. The van der Waals surface area contributed by atoms with Crippen LogP contribution in [0.2, 0.25) is 0 Å². The van der Waals surface area contributed by atoms with Crippen molar-refractivity contribution in [3.8, 4) is 12.1 Å². The fraction of sp³-hybridized carbons (Fsp3) is 0.400. The minimum absolute atomic E-state index is 0.0158. The molecule has 0 unspecified atom stereocenters. The Kier molecular flexibility index (Phi) is 4.07. The lowest BCUT2D eigenvalue weighted by molar-refractivity contribution is -0.144. The highest BCUT2D eigenvalue weighted by molar-refractivity contribution is 5.69. The lowest BCUT2D eigenvalue weighted by atomic mass is 10.2. The van der Waals surface area contributed by atoms with Crippen LogP contribution in [0.25, 0.3) is 0 Å². The smallest absolute Gasteiger partial charge is 0.327 e. The fourth-order valence-corrected chi connectivity index (χ4v) is 1.35. The third-order valence-electron chi connectivity index (χ3n) is 2.03. The van der Waals surface area contributed by atoms with Crippen molar-refractivity contribution in [3.63, 3.8) is 0 Å². The summed E-state index contributed by atoms with van der Waals surface area (Å²) in [6.45, 7) is 1.79. The van der Waals surface area contributed by atoms with E-state index in [2.05, 4.69) is 5.10 Å². The molecule has 0 aliphatic rings. The van der Waals surface area contributed by atoms with E-state index in [1.165, 1.54) is 4.68 Å². The molecule has 88 valence electrons. The van der Waals surface area contributed by atoms with E-state index in [1.54, 1.807) is 6.92 Å². The molecular weight excluding hydrogens is 222 g/mol. The minimum Gasteiger partial charge on any atom is -0.465 e. The molecule has 1 rings (SSSR count). The van der Waals surface area contributed by atoms with Gasteiger partial charge in [-0.25, -0.2) is 0 Å². The molecule has 0 atom stereocenters. The van der Waals surface area contributed by atoms with E-state index < -0.39 is 5.97 Å². The maximum atomic E-state index is 11.3. The molecule has 0 aliphatic heterocycles. The van der Waals surface area contributed by atoms with Crippen molar-refractivity contribution in [1.82, 2.24) is 9.78 Å². The number of carbonyl (C=O) groups is 1. The molecule has 1 aromatic rings. The third-order valence-corrected chi connectivity index (χ3v) is 2.03. The first-order chi connectivity index (χ1) is 8.13. The Labute approximate surface area is 98.0 Å². The lowest BCUT2D eigenvalue weighted by Gasteiger charge is -2.04. The Morgan fingerprint density at radius 3 is 2.82 bits per heavy atom. The van der Waals surface area contributed by atoms with Crippen molar-refractivity contribution in [1.29, 1.82) is 10.5 Å². The molecule has 0 fully saturated rings. The summed E-state index contributed by atoms with van der Waals surface area (Å²) in [5, 5.41) is 21.4. The van der Waals surface area contributed by atoms with Crippen molar-refractivity contribution in [2.45, 2.75) is 19.9 Å². The minimum atomic E-state index is -0.487. The quantitative estimate of drug-likeness (QED) is 0.729. The van der Waals surface area contributed by atoms with Crippen molar-refractivity contribution < 1.29 is 9.53 Å². The average Bonchev–Trinajstić information content (AvgIpc) is 2.55. The molecule has 1 aromatic heterocycles. The van der Waals surface area contributed by atoms with E-state index >= 15 is 0 Å². The Morgan fingerprint density at radius 1 is 1.59 bits per heavy atom. The molecule has 2 N–H and O–H groups in total. The van der Waals surface area contributed by atoms with Crippen LogP contribution >= 0.6 is 0 Å². The number of carbonyl (C=O) groups excluding carboxylic acids is 1. The maximum absolute atomic E-state index is 11.3. The molecule has 0 aliphatic carbocycles. The van der Waals surface area contributed by atoms with Gasteiger partial charge in [0.2, 0.25) is 0 Å². The van der Waals surface area contributed by atoms with Crippen molar-refractivity contribution in [2.24, 2.45) is 0 Å². The summed E-state index contributed by atoms with van der Waals surface area (Å²) in [7, 11) is 0. The van der Waals surface area contributed by atoms with Gasteiger partial charge in [-0.05, 0) is 6.92 Å². The van der Waals surface area contributed by atoms with E-state index in [-0.39, 0.29) is 31.0 Å². The first kappa shape index (κ1) is 12.5. The van der Waals surface area contributed by atoms with Crippen LogP contribution in [0.5, 0.6) is 0 Å². The second kappa shape index (κ2) is 5.52. The monoisotopic (exact) mass is 233 g/mol. The van der Waals surface area contributed by atoms with E-state index in [0.29, 0.717) is 5.69 Å². The van der Waals surface area contributed by atoms with E-state index in [9.17, 15) is 4.79 Å². The van der Waals surface area contributed by atoms with Gasteiger partial charge in [0.1, 0.15) is 18.2 Å². The number of nitrogens with zero attached hydrogens (tertiary/aromatic N) is 4. The van der Waals surface area contributed by atoms with Crippen LogP contribution in [0, 0.1) is 22.7 Å². The van der Waals surface area contributed by atoms with Gasteiger partial charge in [0.05, 0.1) is 24.8 Å². The van der Waals surface area contributed by atoms with Crippen LogP contribution in [-0.4, -0.2) is 22.4 Å². The first-order valence-corrected chi connectivity index (χ1v) is 4.91. The summed E-state index contributed by atoms with van der Waals surface area (Å²) in [4.78, 5) is 11.3. The van der Waals surface area contributed by atoms with E-state index in [0.717, 1.165) is 0 Å². The summed E-state index contributed by atoms with van der Waals surface area (Å²) in [5.74, 6) is -0.472. The van der Waals surface area contributed by atoms with Gasteiger partial charge in [-0.2, -0.15) is 15.6 Å². The molecule has 7 nitrogen and oxygen atoms in total. The predicted molar refractivity (Wildman–Crippen MR) is 57.3 cm³/mol. The summed E-state index contributed by atoms with van der Waals surface area (Å²) < 4.78 is 5.99. The Morgan fingerprint density at radius 2 is 2.29 bits per heavy atom. The summed E-state index contributed by atoms with van der Waals surface area (Å²) in [5.41, 5.74) is 5.99. The van der Waals surface area contributed by atoms with Gasteiger partial charge >= 0.3 is 5.97 Å². The number of ether oxygens (including phenoxy) is 1. The number of esters is 1. The number of aromatic nitrogens is 2. The van der Waals surface area contributed by atoms with E-state index in [4.69, 9.17) is 21.0 Å². The molecular formula is C10H11N5O2. The molecule has 17 heavy (non-hydrogen) atoms. The molecule has 0 saturated heterocycles. The van der Waals surface area contributed by atoms with Crippen molar-refractivity contribution in [2.75, 3.05) is 12.3 Å². The zero-order valence-corrected chi connectivity index (χ0v) is 9.30. The third kappa shape index (κ3) is 2.73. The molecule has 0 bridgehead atoms. The highest BCUT2D eigenvalue weighted by Crippen LogP contribution is 2.15. The number of nitrogens with two attached hydrogens (primary N) is 1. The van der Waals surface area contributed by atoms with Gasteiger partial charge < -0.3 is 10.5 Å². The van der Waals surface area contributed by atoms with Gasteiger partial charge in [0, 0.05) is 0 Å². The molecule has 0 saturated carbocycles. The SMILES string of the molecule is CCOC(=O)Cn1nc(N)c(C#N)c1CC#N. The van der Waals surface area contributed by atoms with Gasteiger partial charge in [-0.15, -0.1) is 0 Å². The van der Waals surface area contributed by atoms with E-state index in [1.807, 2.05) is 12.1 Å². The van der Waals surface area contributed by atoms with Crippen LogP contribution in [0.1, 0.15) is 18.2 Å². The fourth-order valence-electron chi connectivity index (χ4n) is 1.35. The van der Waals surface area contributed by atoms with Gasteiger partial charge in [0.25, 0.3) is 0 Å². The van der Waals surface area contributed by atoms with Crippen LogP contribution in [0.15, 0.2) is 0 Å². The second-order valence-electron chi connectivity index (χ2n) is 3.12. The average molecular weight is 233 g/mol. The molecule has 0 aromatic carbocycles. The topological polar surface area (TPSA) is 118 Å². The highest BCUT2D eigenvalue weighted by Gasteiger charge is 2.17. The Balaban J connectivity index is 3.04. The standard InChI is InChI=1S/C10H11N5O2/c1-2-17-9(16)6-15-8(3-4-11)7(5-12)10(13)14-15/h2-3,6H2,1H3,(H2,13,14). The molecule has 0 spiro atoms. The Bertz CT molecular complexity index is 506.